The van der Waals surface area contributed by atoms with Crippen LogP contribution < -0.4 is 9.80 Å². The molecule has 0 bridgehead atoms. The van der Waals surface area contributed by atoms with E-state index >= 15 is 0 Å². The van der Waals surface area contributed by atoms with Crippen LogP contribution in [0.15, 0.2) is 167 Å². The SMILES string of the molecule is Cc1ccccc1N(c1ccc2ccc3c(N(c4ccccc4C)c4cccc5c4oc4c(C(C)(C)C)cc(C(C)(C)C)cc45)ccc4ccc1c2c43)c1cccc2c1oc1c(C(C)(C)C)cc(C(C)(C)C)cc12. The fourth-order valence-corrected chi connectivity index (χ4v) is 11.7. The zero-order valence-electron chi connectivity index (χ0n) is 45.7. The molecule has 12 aromatic rings. The minimum atomic E-state index is -0.131. The maximum Gasteiger partial charge on any atom is 0.159 e. The summed E-state index contributed by atoms with van der Waals surface area (Å²) in [5.74, 6) is 0. The molecule has 4 heteroatoms. The summed E-state index contributed by atoms with van der Waals surface area (Å²) in [6, 6.07) is 58.9. The van der Waals surface area contributed by atoms with Crippen molar-refractivity contribution in [1.29, 1.82) is 0 Å². The summed E-state index contributed by atoms with van der Waals surface area (Å²) in [6.07, 6.45) is 0. The van der Waals surface area contributed by atoms with Crippen molar-refractivity contribution in [2.75, 3.05) is 9.80 Å². The Hall–Kier alpha value is -7.56. The summed E-state index contributed by atoms with van der Waals surface area (Å²) in [4.78, 5) is 4.90. The molecular weight excluding hydrogens is 901 g/mol. The van der Waals surface area contributed by atoms with Gasteiger partial charge < -0.3 is 18.6 Å². The number of aryl methyl sites for hydroxylation is 2. The van der Waals surface area contributed by atoms with Crippen molar-refractivity contribution in [3.63, 3.8) is 0 Å². The molecule has 74 heavy (non-hydrogen) atoms. The molecule has 4 nitrogen and oxygen atoms in total. The Balaban J connectivity index is 1.13. The van der Waals surface area contributed by atoms with Gasteiger partial charge in [0.1, 0.15) is 11.2 Å². The largest absolute Gasteiger partial charge is 0.454 e. The third-order valence-corrected chi connectivity index (χ3v) is 15.8. The van der Waals surface area contributed by atoms with Crippen LogP contribution >= 0.6 is 0 Å². The van der Waals surface area contributed by atoms with E-state index in [0.29, 0.717) is 0 Å². The topological polar surface area (TPSA) is 32.8 Å². The fraction of sp³-hybridized carbons (Fsp3) is 0.257. The van der Waals surface area contributed by atoms with Crippen LogP contribution in [0.4, 0.5) is 34.1 Å². The molecule has 2 aromatic heterocycles. The highest BCUT2D eigenvalue weighted by Gasteiger charge is 2.31. The first-order valence-corrected chi connectivity index (χ1v) is 26.5. The second kappa shape index (κ2) is 16.5. The lowest BCUT2D eigenvalue weighted by atomic mass is 9.79. The molecule has 0 N–H and O–H groups in total. The summed E-state index contributed by atoms with van der Waals surface area (Å²) in [7, 11) is 0. The average Bonchev–Trinajstić information content (AvgIpc) is 3.93. The first kappa shape index (κ1) is 47.4. The average molecular weight is 969 g/mol. The number of anilines is 6. The maximum absolute atomic E-state index is 7.27. The minimum Gasteiger partial charge on any atom is -0.454 e. The molecule has 0 fully saturated rings. The van der Waals surface area contributed by atoms with Gasteiger partial charge in [-0.3, -0.25) is 0 Å². The molecule has 12 rings (SSSR count). The maximum atomic E-state index is 7.27. The Morgan fingerprint density at radius 3 is 1.03 bits per heavy atom. The Kier molecular flexibility index (Phi) is 10.6. The van der Waals surface area contributed by atoms with E-state index in [4.69, 9.17) is 8.83 Å². The van der Waals surface area contributed by atoms with Crippen molar-refractivity contribution >= 4 is 110 Å². The Morgan fingerprint density at radius 2 is 0.662 bits per heavy atom. The smallest absolute Gasteiger partial charge is 0.159 e. The number of para-hydroxylation sites is 4. The number of rotatable bonds is 6. The van der Waals surface area contributed by atoms with Gasteiger partial charge in [-0.25, -0.2) is 0 Å². The van der Waals surface area contributed by atoms with Crippen LogP contribution in [0.1, 0.15) is 116 Å². The predicted molar refractivity (Wildman–Crippen MR) is 318 cm³/mol. The summed E-state index contributed by atoms with van der Waals surface area (Å²) in [5, 5.41) is 11.8. The van der Waals surface area contributed by atoms with Gasteiger partial charge in [0.25, 0.3) is 0 Å². The van der Waals surface area contributed by atoms with Crippen molar-refractivity contribution in [2.45, 2.75) is 119 Å². The summed E-state index contributed by atoms with van der Waals surface area (Å²) < 4.78 is 14.5. The predicted octanol–water partition coefficient (Wildman–Crippen LogP) is 21.1. The first-order chi connectivity index (χ1) is 35.1. The summed E-state index contributed by atoms with van der Waals surface area (Å²) >= 11 is 0. The second-order valence-corrected chi connectivity index (χ2v) is 25.1. The number of furan rings is 2. The molecule has 2 heterocycles. The van der Waals surface area contributed by atoms with Crippen LogP contribution in [0.2, 0.25) is 0 Å². The fourth-order valence-electron chi connectivity index (χ4n) is 11.7. The molecule has 0 aliphatic rings. The number of hydrogen-bond donors (Lipinski definition) is 0. The van der Waals surface area contributed by atoms with Gasteiger partial charge in [-0.15, -0.1) is 0 Å². The van der Waals surface area contributed by atoms with Gasteiger partial charge in [-0.05, 0) is 128 Å². The van der Waals surface area contributed by atoms with Crippen LogP contribution in [-0.2, 0) is 21.7 Å². The van der Waals surface area contributed by atoms with E-state index in [1.165, 1.54) is 65.7 Å². The summed E-state index contributed by atoms with van der Waals surface area (Å²) in [5.41, 5.74) is 17.2. The van der Waals surface area contributed by atoms with Crippen LogP contribution in [0, 0.1) is 13.8 Å². The van der Waals surface area contributed by atoms with E-state index in [1.54, 1.807) is 0 Å². The van der Waals surface area contributed by atoms with Gasteiger partial charge in [0.2, 0.25) is 0 Å². The lowest BCUT2D eigenvalue weighted by molar-refractivity contribution is 0.558. The third-order valence-electron chi connectivity index (χ3n) is 15.8. The van der Waals surface area contributed by atoms with Crippen molar-refractivity contribution in [1.82, 2.24) is 0 Å². The molecule has 0 radical (unpaired) electrons. The highest BCUT2D eigenvalue weighted by Crippen LogP contribution is 2.52. The van der Waals surface area contributed by atoms with Crippen molar-refractivity contribution in [3.05, 3.63) is 191 Å². The van der Waals surface area contributed by atoms with Crippen molar-refractivity contribution in [3.8, 4) is 0 Å². The molecule has 0 aliphatic carbocycles. The molecule has 0 saturated carbocycles. The van der Waals surface area contributed by atoms with Crippen LogP contribution in [0.25, 0.3) is 76.2 Å². The highest BCUT2D eigenvalue weighted by atomic mass is 16.3. The van der Waals surface area contributed by atoms with Gasteiger partial charge in [0, 0.05) is 54.8 Å². The van der Waals surface area contributed by atoms with E-state index < -0.39 is 0 Å². The standard InChI is InChI=1S/C70H68N2O2/c1-41-21-15-17-25-55(41)71(59-27-19-23-47-51-37-45(67(3,4)5)39-53(69(9,10)11)63(51)73-65(47)59)57-35-31-43-30-34-50-58(36-32-44-29-33-49(57)61(43)62(44)50)72(56-26-18-16-22-42(56)2)60-28-20-24-48-52-38-46(68(6,7)8)40-54(70(12,13)14)64(52)74-66(48)60/h15-40H,1-14H3. The van der Waals surface area contributed by atoms with Crippen LogP contribution in [-0.4, -0.2) is 0 Å². The first-order valence-electron chi connectivity index (χ1n) is 26.5. The normalized spacial score (nSPS) is 13.0. The van der Waals surface area contributed by atoms with Gasteiger partial charge in [0.05, 0.1) is 22.7 Å². The van der Waals surface area contributed by atoms with Crippen LogP contribution in [0.3, 0.4) is 0 Å². The highest BCUT2D eigenvalue weighted by molar-refractivity contribution is 6.29. The summed E-state index contributed by atoms with van der Waals surface area (Å²) in [6.45, 7) is 32.0. The molecule has 10 aromatic carbocycles. The van der Waals surface area contributed by atoms with Crippen molar-refractivity contribution < 1.29 is 8.83 Å². The number of fused-ring (bicyclic) bond motifs is 6. The van der Waals surface area contributed by atoms with E-state index in [0.717, 1.165) is 78.0 Å². The number of nitrogens with zero attached hydrogens (tertiary/aromatic N) is 2. The monoisotopic (exact) mass is 969 g/mol. The van der Waals surface area contributed by atoms with E-state index in [2.05, 4.69) is 264 Å². The molecule has 0 unspecified atom stereocenters. The molecule has 0 amide bonds. The van der Waals surface area contributed by atoms with Gasteiger partial charge >= 0.3 is 0 Å². The Labute approximate surface area is 436 Å². The molecule has 0 aliphatic heterocycles. The zero-order valence-corrected chi connectivity index (χ0v) is 45.7. The lowest BCUT2D eigenvalue weighted by Gasteiger charge is -2.30. The molecule has 370 valence electrons. The molecular formula is C70H68N2O2. The zero-order chi connectivity index (χ0) is 52.0. The van der Waals surface area contributed by atoms with Gasteiger partial charge in [-0.2, -0.15) is 0 Å². The third kappa shape index (κ3) is 7.46. The number of benzene rings is 10. The minimum absolute atomic E-state index is 0.0332. The van der Waals surface area contributed by atoms with Gasteiger partial charge in [0.15, 0.2) is 11.2 Å². The van der Waals surface area contributed by atoms with E-state index in [1.807, 2.05) is 0 Å². The second-order valence-electron chi connectivity index (χ2n) is 25.1. The Morgan fingerprint density at radius 1 is 0.297 bits per heavy atom. The molecule has 0 atom stereocenters. The van der Waals surface area contributed by atoms with E-state index in [9.17, 15) is 0 Å². The quantitative estimate of drug-likeness (QED) is 0.155. The van der Waals surface area contributed by atoms with E-state index in [-0.39, 0.29) is 21.7 Å². The van der Waals surface area contributed by atoms with Crippen LogP contribution in [0.5, 0.6) is 0 Å². The Bertz CT molecular complexity index is 3940. The molecule has 0 spiro atoms. The molecule has 0 saturated heterocycles. The number of hydrogen-bond acceptors (Lipinski definition) is 4. The van der Waals surface area contributed by atoms with Gasteiger partial charge in [-0.1, -0.05) is 192 Å². The van der Waals surface area contributed by atoms with Crippen molar-refractivity contribution in [2.24, 2.45) is 0 Å². The lowest BCUT2D eigenvalue weighted by Crippen LogP contribution is -2.16.